The van der Waals surface area contributed by atoms with Gasteiger partial charge >= 0.3 is 0 Å². The highest BCUT2D eigenvalue weighted by molar-refractivity contribution is 6.31. The molecule has 6 heteroatoms. The van der Waals surface area contributed by atoms with E-state index in [1.807, 2.05) is 97.9 Å². The van der Waals surface area contributed by atoms with E-state index in [1.54, 1.807) is 12.1 Å². The van der Waals surface area contributed by atoms with E-state index < -0.39 is 17.8 Å². The van der Waals surface area contributed by atoms with Crippen LogP contribution in [0, 0.1) is 5.92 Å². The number of alkyl halides is 2. The predicted octanol–water partition coefficient (Wildman–Crippen LogP) is 9.26. The van der Waals surface area contributed by atoms with E-state index in [0.29, 0.717) is 36.8 Å². The van der Waals surface area contributed by atoms with Crippen LogP contribution in [0.15, 0.2) is 103 Å². The summed E-state index contributed by atoms with van der Waals surface area (Å²) in [6, 6.07) is 32.6. The summed E-state index contributed by atoms with van der Waals surface area (Å²) in [5.74, 6) is -4.18. The van der Waals surface area contributed by atoms with Gasteiger partial charge in [-0.15, -0.1) is 0 Å². The Balaban J connectivity index is 1.36. The predicted molar refractivity (Wildman–Crippen MR) is 163 cm³/mol. The van der Waals surface area contributed by atoms with Gasteiger partial charge in [0.1, 0.15) is 5.75 Å². The zero-order valence-corrected chi connectivity index (χ0v) is 24.6. The summed E-state index contributed by atoms with van der Waals surface area (Å²) >= 11 is 6.58. The lowest BCUT2D eigenvalue weighted by Gasteiger charge is -2.42. The lowest BCUT2D eigenvalue weighted by molar-refractivity contribution is -0.161. The van der Waals surface area contributed by atoms with Gasteiger partial charge in [0.2, 0.25) is 0 Å². The Kier molecular flexibility index (Phi) is 10.3. The highest BCUT2D eigenvalue weighted by atomic mass is 35.5. The second-order valence-electron chi connectivity index (χ2n) is 10.9. The van der Waals surface area contributed by atoms with E-state index in [0.717, 1.165) is 28.0 Å². The summed E-state index contributed by atoms with van der Waals surface area (Å²) in [5.41, 5.74) is 4.41. The van der Waals surface area contributed by atoms with Gasteiger partial charge in [-0.1, -0.05) is 96.5 Å². The standard InChI is InChI=1S/C36H37ClF2O3/c1-2-41-32-16-13-26(14-17-32)19-30-20-29(15-18-35(30)37)34-22-33(42-24-28-11-7-4-8-12-28)21-31(36(34,38)39)25-40-23-27-9-5-3-6-10-27/h3-18,20,31,33-34H,2,19,21-25H2,1H3. The lowest BCUT2D eigenvalue weighted by atomic mass is 9.73. The lowest BCUT2D eigenvalue weighted by Crippen LogP contribution is -2.46. The maximum Gasteiger partial charge on any atom is 0.260 e. The minimum absolute atomic E-state index is 0.0454. The normalized spacial score (nSPS) is 19.9. The van der Waals surface area contributed by atoms with Crippen LogP contribution in [-0.4, -0.2) is 25.2 Å². The summed E-state index contributed by atoms with van der Waals surface area (Å²) in [6.45, 7) is 3.16. The van der Waals surface area contributed by atoms with Gasteiger partial charge in [0.15, 0.2) is 0 Å². The molecule has 0 aromatic heterocycles. The van der Waals surface area contributed by atoms with E-state index in [2.05, 4.69) is 0 Å². The molecule has 42 heavy (non-hydrogen) atoms. The maximum atomic E-state index is 16.3. The van der Waals surface area contributed by atoms with Crippen LogP contribution in [0.25, 0.3) is 0 Å². The first kappa shape index (κ1) is 30.2. The molecule has 1 fully saturated rings. The molecule has 3 atom stereocenters. The van der Waals surface area contributed by atoms with Crippen molar-refractivity contribution in [3.8, 4) is 5.75 Å². The van der Waals surface area contributed by atoms with Gasteiger partial charge in [0.05, 0.1) is 38.4 Å². The van der Waals surface area contributed by atoms with Crippen molar-refractivity contribution >= 4 is 11.6 Å². The van der Waals surface area contributed by atoms with Gasteiger partial charge < -0.3 is 14.2 Å². The topological polar surface area (TPSA) is 27.7 Å². The van der Waals surface area contributed by atoms with Crippen molar-refractivity contribution in [2.75, 3.05) is 13.2 Å². The molecule has 4 aromatic carbocycles. The fraction of sp³-hybridized carbons (Fsp3) is 0.333. The minimum atomic E-state index is -2.98. The highest BCUT2D eigenvalue weighted by Crippen LogP contribution is 2.49. The van der Waals surface area contributed by atoms with Crippen LogP contribution in [0.4, 0.5) is 8.78 Å². The van der Waals surface area contributed by atoms with Crippen molar-refractivity contribution in [1.29, 1.82) is 0 Å². The van der Waals surface area contributed by atoms with Crippen LogP contribution in [0.3, 0.4) is 0 Å². The summed E-state index contributed by atoms with van der Waals surface area (Å²) in [5, 5.41) is 0.561. The number of benzene rings is 4. The fourth-order valence-corrected chi connectivity index (χ4v) is 5.85. The molecule has 0 radical (unpaired) electrons. The maximum absolute atomic E-state index is 16.3. The Morgan fingerprint density at radius 2 is 1.45 bits per heavy atom. The molecule has 220 valence electrons. The number of rotatable bonds is 12. The zero-order valence-electron chi connectivity index (χ0n) is 23.9. The third-order valence-electron chi connectivity index (χ3n) is 7.92. The first-order valence-corrected chi connectivity index (χ1v) is 14.9. The molecule has 4 aromatic rings. The van der Waals surface area contributed by atoms with Crippen molar-refractivity contribution in [2.24, 2.45) is 5.92 Å². The molecule has 3 unspecified atom stereocenters. The van der Waals surface area contributed by atoms with Crippen molar-refractivity contribution in [3.63, 3.8) is 0 Å². The summed E-state index contributed by atoms with van der Waals surface area (Å²) in [6.07, 6.45) is 0.664. The number of hydrogen-bond donors (Lipinski definition) is 0. The van der Waals surface area contributed by atoms with Gasteiger partial charge in [0, 0.05) is 10.9 Å². The molecule has 0 saturated heterocycles. The van der Waals surface area contributed by atoms with Gasteiger partial charge in [-0.2, -0.15) is 0 Å². The molecule has 0 bridgehead atoms. The van der Waals surface area contributed by atoms with E-state index in [-0.39, 0.29) is 25.6 Å². The fourth-order valence-electron chi connectivity index (χ4n) is 5.67. The van der Waals surface area contributed by atoms with Crippen LogP contribution in [-0.2, 0) is 29.1 Å². The average molecular weight is 591 g/mol. The molecule has 3 nitrogen and oxygen atoms in total. The highest BCUT2D eigenvalue weighted by Gasteiger charge is 2.53. The van der Waals surface area contributed by atoms with E-state index in [1.165, 1.54) is 0 Å². The van der Waals surface area contributed by atoms with Gasteiger partial charge in [-0.05, 0) is 72.2 Å². The molecular formula is C36H37ClF2O3. The molecule has 0 aliphatic heterocycles. The average Bonchev–Trinajstić information content (AvgIpc) is 3.00. The summed E-state index contributed by atoms with van der Waals surface area (Å²) < 4.78 is 50.2. The Morgan fingerprint density at radius 3 is 2.12 bits per heavy atom. The van der Waals surface area contributed by atoms with E-state index >= 15 is 8.78 Å². The molecule has 1 aliphatic rings. The van der Waals surface area contributed by atoms with Gasteiger partial charge in [0.25, 0.3) is 5.92 Å². The quantitative estimate of drug-likeness (QED) is 0.165. The Labute approximate surface area is 252 Å². The summed E-state index contributed by atoms with van der Waals surface area (Å²) in [7, 11) is 0. The van der Waals surface area contributed by atoms with Crippen molar-refractivity contribution in [2.45, 2.75) is 57.3 Å². The molecular weight excluding hydrogens is 554 g/mol. The van der Waals surface area contributed by atoms with Crippen molar-refractivity contribution in [3.05, 3.63) is 136 Å². The molecule has 5 rings (SSSR count). The zero-order chi connectivity index (χ0) is 29.4. The number of ether oxygens (including phenoxy) is 3. The molecule has 1 aliphatic carbocycles. The first-order chi connectivity index (χ1) is 20.4. The Morgan fingerprint density at radius 1 is 0.786 bits per heavy atom. The van der Waals surface area contributed by atoms with Crippen LogP contribution in [0.2, 0.25) is 5.02 Å². The SMILES string of the molecule is CCOc1ccc(Cc2cc(C3CC(OCc4ccccc4)CC(COCc4ccccc4)C3(F)F)ccc2Cl)cc1. The first-order valence-electron chi connectivity index (χ1n) is 14.6. The third kappa shape index (κ3) is 7.77. The molecule has 0 N–H and O–H groups in total. The van der Waals surface area contributed by atoms with Crippen LogP contribution in [0.1, 0.15) is 53.5 Å². The number of halogens is 3. The monoisotopic (exact) mass is 590 g/mol. The third-order valence-corrected chi connectivity index (χ3v) is 8.28. The van der Waals surface area contributed by atoms with Gasteiger partial charge in [-0.3, -0.25) is 0 Å². The van der Waals surface area contributed by atoms with Gasteiger partial charge in [-0.25, -0.2) is 8.78 Å². The van der Waals surface area contributed by atoms with Crippen molar-refractivity contribution in [1.82, 2.24) is 0 Å². The van der Waals surface area contributed by atoms with Crippen LogP contribution < -0.4 is 4.74 Å². The number of hydrogen-bond acceptors (Lipinski definition) is 3. The van der Waals surface area contributed by atoms with Crippen molar-refractivity contribution < 1.29 is 23.0 Å². The van der Waals surface area contributed by atoms with Crippen LogP contribution >= 0.6 is 11.6 Å². The smallest absolute Gasteiger partial charge is 0.260 e. The molecule has 1 saturated carbocycles. The molecule has 0 heterocycles. The second kappa shape index (κ2) is 14.3. The largest absolute Gasteiger partial charge is 0.494 e. The van der Waals surface area contributed by atoms with E-state index in [4.69, 9.17) is 25.8 Å². The Hall–Kier alpha value is -3.25. The van der Waals surface area contributed by atoms with E-state index in [9.17, 15) is 0 Å². The molecule has 0 spiro atoms. The minimum Gasteiger partial charge on any atom is -0.494 e. The molecule has 0 amide bonds. The Bertz CT molecular complexity index is 1400. The summed E-state index contributed by atoms with van der Waals surface area (Å²) in [4.78, 5) is 0. The second-order valence-corrected chi connectivity index (χ2v) is 11.3. The van der Waals surface area contributed by atoms with Crippen LogP contribution in [0.5, 0.6) is 5.75 Å².